The largest absolute Gasteiger partial charge is 0.494 e. The molecule has 1 aliphatic rings. The van der Waals surface area contributed by atoms with Crippen molar-refractivity contribution in [2.24, 2.45) is 0 Å². The van der Waals surface area contributed by atoms with E-state index in [0.717, 1.165) is 5.69 Å². The molecule has 1 N–H and O–H groups in total. The number of amides is 1. The summed E-state index contributed by atoms with van der Waals surface area (Å²) in [7, 11) is 1.59. The quantitative estimate of drug-likeness (QED) is 0.863. The molecular formula is C16H17N3O3. The molecule has 0 bridgehead atoms. The van der Waals surface area contributed by atoms with Gasteiger partial charge in [0.1, 0.15) is 11.4 Å². The molecule has 22 heavy (non-hydrogen) atoms. The number of methoxy groups -OCH3 is 1. The maximum absolute atomic E-state index is 12.5. The zero-order valence-corrected chi connectivity index (χ0v) is 12.2. The highest BCUT2D eigenvalue weighted by Gasteiger charge is 2.26. The van der Waals surface area contributed by atoms with Crippen molar-refractivity contribution in [1.29, 1.82) is 0 Å². The fourth-order valence-electron chi connectivity index (χ4n) is 2.51. The van der Waals surface area contributed by atoms with Crippen LogP contribution >= 0.6 is 0 Å². The van der Waals surface area contributed by atoms with Crippen LogP contribution in [0.2, 0.25) is 0 Å². The van der Waals surface area contributed by atoms with Gasteiger partial charge in [0.25, 0.3) is 5.91 Å². The van der Waals surface area contributed by atoms with Crippen LogP contribution in [0.4, 0.5) is 0 Å². The lowest BCUT2D eigenvalue weighted by Gasteiger charge is -2.22. The molecule has 114 valence electrons. The second-order valence-electron chi connectivity index (χ2n) is 4.98. The van der Waals surface area contributed by atoms with E-state index in [1.807, 2.05) is 36.4 Å². The topological polar surface area (TPSA) is 67.6 Å². The minimum absolute atomic E-state index is 0.0805. The summed E-state index contributed by atoms with van der Waals surface area (Å²) >= 11 is 0. The van der Waals surface area contributed by atoms with Crippen molar-refractivity contribution in [1.82, 2.24) is 14.7 Å². The monoisotopic (exact) mass is 299 g/mol. The molecule has 6 heteroatoms. The number of carbonyl (C=O) groups is 1. The zero-order chi connectivity index (χ0) is 15.5. The summed E-state index contributed by atoms with van der Waals surface area (Å²) in [5.41, 5.74) is 1.25. The minimum atomic E-state index is -0.262. The van der Waals surface area contributed by atoms with E-state index in [1.54, 1.807) is 22.9 Å². The van der Waals surface area contributed by atoms with Crippen molar-refractivity contribution in [2.45, 2.75) is 6.04 Å². The third-order valence-corrected chi connectivity index (χ3v) is 3.67. The molecule has 1 aromatic carbocycles. The first-order chi connectivity index (χ1) is 10.7. The van der Waals surface area contributed by atoms with Gasteiger partial charge in [0.05, 0.1) is 31.5 Å². The molecule has 3 rings (SSSR count). The molecule has 0 spiro atoms. The van der Waals surface area contributed by atoms with E-state index < -0.39 is 0 Å². The first-order valence-corrected chi connectivity index (χ1v) is 7.01. The summed E-state index contributed by atoms with van der Waals surface area (Å²) in [6.45, 7) is 0.423. The maximum Gasteiger partial charge on any atom is 0.257 e. The lowest BCUT2D eigenvalue weighted by atomic mass is 10.2. The Hall–Kier alpha value is -2.60. The van der Waals surface area contributed by atoms with E-state index in [2.05, 4.69) is 5.10 Å². The fraction of sp³-hybridized carbons (Fsp3) is 0.250. The molecule has 6 nitrogen and oxygen atoms in total. The van der Waals surface area contributed by atoms with E-state index in [9.17, 15) is 9.90 Å². The summed E-state index contributed by atoms with van der Waals surface area (Å²) in [6.07, 6.45) is 6.92. The van der Waals surface area contributed by atoms with Crippen molar-refractivity contribution in [3.8, 4) is 11.4 Å². The van der Waals surface area contributed by atoms with Crippen LogP contribution in [0.25, 0.3) is 5.69 Å². The third kappa shape index (κ3) is 2.48. The molecule has 1 amide bonds. The summed E-state index contributed by atoms with van der Waals surface area (Å²) in [5.74, 6) is 0.533. The molecule has 0 aliphatic carbocycles. The van der Waals surface area contributed by atoms with E-state index in [1.165, 1.54) is 6.20 Å². The van der Waals surface area contributed by atoms with Crippen LogP contribution < -0.4 is 4.74 Å². The van der Waals surface area contributed by atoms with E-state index >= 15 is 0 Å². The Morgan fingerprint density at radius 1 is 1.45 bits per heavy atom. The second-order valence-corrected chi connectivity index (χ2v) is 4.98. The van der Waals surface area contributed by atoms with Crippen molar-refractivity contribution >= 4 is 5.91 Å². The fourth-order valence-corrected chi connectivity index (χ4v) is 2.51. The van der Waals surface area contributed by atoms with Gasteiger partial charge in [0, 0.05) is 12.7 Å². The number of hydrogen-bond donors (Lipinski definition) is 1. The number of para-hydroxylation sites is 2. The molecule has 2 heterocycles. The van der Waals surface area contributed by atoms with Crippen LogP contribution in [0, 0.1) is 0 Å². The Labute approximate surface area is 128 Å². The molecule has 0 saturated carbocycles. The number of rotatable bonds is 4. The number of ether oxygens (including phenoxy) is 1. The predicted octanol–water partition coefficient (Wildman–Crippen LogP) is 1.25. The van der Waals surface area contributed by atoms with E-state index in [0.29, 0.717) is 17.9 Å². The Balaban J connectivity index is 1.86. The van der Waals surface area contributed by atoms with E-state index in [-0.39, 0.29) is 18.6 Å². The Morgan fingerprint density at radius 2 is 2.27 bits per heavy atom. The molecule has 0 radical (unpaired) electrons. The van der Waals surface area contributed by atoms with Gasteiger partial charge in [-0.15, -0.1) is 0 Å². The van der Waals surface area contributed by atoms with Crippen molar-refractivity contribution in [3.05, 3.63) is 54.4 Å². The summed E-state index contributed by atoms with van der Waals surface area (Å²) < 4.78 is 6.92. The lowest BCUT2D eigenvalue weighted by Crippen LogP contribution is -2.38. The smallest absolute Gasteiger partial charge is 0.257 e. The lowest BCUT2D eigenvalue weighted by molar-refractivity contribution is 0.0700. The van der Waals surface area contributed by atoms with Gasteiger partial charge >= 0.3 is 0 Å². The highest BCUT2D eigenvalue weighted by molar-refractivity contribution is 5.94. The highest BCUT2D eigenvalue weighted by Crippen LogP contribution is 2.22. The molecule has 0 fully saturated rings. The number of aromatic nitrogens is 2. The number of hydrogen-bond acceptors (Lipinski definition) is 4. The normalized spacial score (nSPS) is 17.0. The van der Waals surface area contributed by atoms with Gasteiger partial charge < -0.3 is 14.7 Å². The Morgan fingerprint density at radius 3 is 3.05 bits per heavy atom. The van der Waals surface area contributed by atoms with Gasteiger partial charge in [-0.1, -0.05) is 24.3 Å². The average molecular weight is 299 g/mol. The molecule has 0 unspecified atom stereocenters. The second kappa shape index (κ2) is 6.03. The van der Waals surface area contributed by atoms with Crippen LogP contribution in [0.3, 0.4) is 0 Å². The highest BCUT2D eigenvalue weighted by atomic mass is 16.5. The van der Waals surface area contributed by atoms with Gasteiger partial charge in [-0.25, -0.2) is 4.68 Å². The number of aliphatic hydroxyl groups excluding tert-OH is 1. The zero-order valence-electron chi connectivity index (χ0n) is 12.2. The summed E-state index contributed by atoms with van der Waals surface area (Å²) in [4.78, 5) is 14.1. The number of carbonyl (C=O) groups excluding carboxylic acids is 1. The Kier molecular flexibility index (Phi) is 3.93. The van der Waals surface area contributed by atoms with E-state index in [4.69, 9.17) is 4.74 Å². The third-order valence-electron chi connectivity index (χ3n) is 3.67. The van der Waals surface area contributed by atoms with Gasteiger partial charge in [-0.2, -0.15) is 5.10 Å². The van der Waals surface area contributed by atoms with Crippen LogP contribution in [-0.4, -0.2) is 52.0 Å². The molecule has 1 aromatic heterocycles. The van der Waals surface area contributed by atoms with Crippen molar-refractivity contribution in [3.63, 3.8) is 0 Å². The van der Waals surface area contributed by atoms with Gasteiger partial charge in [-0.05, 0) is 12.1 Å². The summed E-state index contributed by atoms with van der Waals surface area (Å²) in [5, 5.41) is 13.5. The van der Waals surface area contributed by atoms with Gasteiger partial charge in [0.15, 0.2) is 0 Å². The predicted molar refractivity (Wildman–Crippen MR) is 81.2 cm³/mol. The van der Waals surface area contributed by atoms with Gasteiger partial charge in [-0.3, -0.25) is 4.79 Å². The molecule has 0 saturated heterocycles. The molecular weight excluding hydrogens is 282 g/mol. The van der Waals surface area contributed by atoms with Crippen molar-refractivity contribution in [2.75, 3.05) is 20.3 Å². The number of benzene rings is 1. The maximum atomic E-state index is 12.5. The van der Waals surface area contributed by atoms with Crippen molar-refractivity contribution < 1.29 is 14.6 Å². The molecule has 2 aromatic rings. The molecule has 1 aliphatic heterocycles. The number of aliphatic hydroxyl groups is 1. The van der Waals surface area contributed by atoms with Crippen LogP contribution in [0.1, 0.15) is 10.4 Å². The first kappa shape index (κ1) is 14.3. The van der Waals surface area contributed by atoms with Crippen LogP contribution in [-0.2, 0) is 0 Å². The minimum Gasteiger partial charge on any atom is -0.494 e. The average Bonchev–Trinajstić information content (AvgIpc) is 3.23. The summed E-state index contributed by atoms with van der Waals surface area (Å²) in [6, 6.07) is 7.20. The Bertz CT molecular complexity index is 708. The van der Waals surface area contributed by atoms with Gasteiger partial charge in [0.2, 0.25) is 0 Å². The SMILES string of the molecule is COc1ccccc1-n1cc(C(=O)N2CC=C[C@H]2CO)cn1. The number of nitrogens with zero attached hydrogens (tertiary/aromatic N) is 3. The standard InChI is InChI=1S/C16H17N3O3/c1-22-15-7-3-2-6-14(15)19-10-12(9-17-19)16(21)18-8-4-5-13(18)11-20/h2-7,9-10,13,20H,8,11H2,1H3/t13-/m0/s1. The first-order valence-electron chi connectivity index (χ1n) is 7.01. The van der Waals surface area contributed by atoms with Crippen LogP contribution in [0.15, 0.2) is 48.8 Å². The van der Waals surface area contributed by atoms with Crippen LogP contribution in [0.5, 0.6) is 5.75 Å². The molecule has 1 atom stereocenters.